The maximum atomic E-state index is 12.4. The molecule has 0 aliphatic rings. The molecule has 0 fully saturated rings. The lowest BCUT2D eigenvalue weighted by atomic mass is 10.2. The molecule has 0 bridgehead atoms. The van der Waals surface area contributed by atoms with Gasteiger partial charge in [-0.2, -0.15) is 0 Å². The van der Waals surface area contributed by atoms with Crippen LogP contribution in [0.25, 0.3) is 11.4 Å². The van der Waals surface area contributed by atoms with Gasteiger partial charge in [0.25, 0.3) is 5.91 Å². The summed E-state index contributed by atoms with van der Waals surface area (Å²) in [5, 5.41) is 3.03. The van der Waals surface area contributed by atoms with E-state index in [1.54, 1.807) is 11.8 Å². The molecule has 0 aliphatic heterocycles. The minimum Gasteiger partial charge on any atom is -0.352 e. The minimum absolute atomic E-state index is 0.00420. The van der Waals surface area contributed by atoms with Crippen LogP contribution in [-0.4, -0.2) is 27.8 Å². The number of benzene rings is 2. The van der Waals surface area contributed by atoms with Crippen LogP contribution in [0.1, 0.15) is 23.7 Å². The number of aryl methyl sites for hydroxylation is 1. The van der Waals surface area contributed by atoms with Gasteiger partial charge in [-0.15, -0.1) is 11.8 Å². The monoisotopic (exact) mass is 365 g/mol. The minimum atomic E-state index is -0.00420. The van der Waals surface area contributed by atoms with Crippen LogP contribution in [0.2, 0.25) is 0 Å². The van der Waals surface area contributed by atoms with Crippen molar-refractivity contribution in [2.24, 2.45) is 0 Å². The van der Waals surface area contributed by atoms with Crippen LogP contribution in [0, 0.1) is 0 Å². The van der Waals surface area contributed by atoms with Gasteiger partial charge in [0.2, 0.25) is 0 Å². The van der Waals surface area contributed by atoms with Crippen LogP contribution in [0.5, 0.6) is 0 Å². The fourth-order valence-electron chi connectivity index (χ4n) is 2.82. The number of hydrogen-bond donors (Lipinski definition) is 1. The zero-order valence-electron chi connectivity index (χ0n) is 14.9. The summed E-state index contributed by atoms with van der Waals surface area (Å²) >= 11 is 1.69. The van der Waals surface area contributed by atoms with Crippen LogP contribution in [-0.2, 0) is 6.54 Å². The second-order valence-electron chi connectivity index (χ2n) is 5.85. The molecular formula is C21H23N3OS. The van der Waals surface area contributed by atoms with E-state index in [2.05, 4.69) is 33.9 Å². The third-order valence-corrected chi connectivity index (χ3v) is 5.00. The zero-order chi connectivity index (χ0) is 18.2. The lowest BCUT2D eigenvalue weighted by Gasteiger charge is -2.11. The highest BCUT2D eigenvalue weighted by atomic mass is 32.2. The first-order valence-electron chi connectivity index (χ1n) is 8.86. The van der Waals surface area contributed by atoms with Crippen LogP contribution in [0.4, 0.5) is 0 Å². The Balaban J connectivity index is 1.54. The Labute approximate surface area is 158 Å². The third-order valence-electron chi connectivity index (χ3n) is 4.04. The van der Waals surface area contributed by atoms with Gasteiger partial charge in [-0.05, 0) is 24.3 Å². The first-order chi connectivity index (χ1) is 12.8. The number of nitrogens with one attached hydrogen (secondary N) is 1. The quantitative estimate of drug-likeness (QED) is 0.473. The summed E-state index contributed by atoms with van der Waals surface area (Å²) in [6.45, 7) is 3.54. The maximum Gasteiger partial charge on any atom is 0.252 e. The molecule has 134 valence electrons. The third kappa shape index (κ3) is 4.55. The van der Waals surface area contributed by atoms with Crippen LogP contribution >= 0.6 is 11.8 Å². The summed E-state index contributed by atoms with van der Waals surface area (Å²) in [7, 11) is 0. The van der Waals surface area contributed by atoms with E-state index in [4.69, 9.17) is 0 Å². The van der Waals surface area contributed by atoms with E-state index in [1.165, 1.54) is 0 Å². The summed E-state index contributed by atoms with van der Waals surface area (Å²) in [6, 6.07) is 17.9. The lowest BCUT2D eigenvalue weighted by molar-refractivity contribution is 0.0950. The van der Waals surface area contributed by atoms with E-state index in [1.807, 2.05) is 54.9 Å². The Bertz CT molecular complexity index is 845. The summed E-state index contributed by atoms with van der Waals surface area (Å²) in [4.78, 5) is 17.9. The van der Waals surface area contributed by atoms with Crippen molar-refractivity contribution in [3.05, 3.63) is 72.6 Å². The molecule has 3 aromatic rings. The molecule has 26 heavy (non-hydrogen) atoms. The predicted octanol–water partition coefficient (Wildman–Crippen LogP) is 4.48. The summed E-state index contributed by atoms with van der Waals surface area (Å²) in [6.07, 6.45) is 4.65. The molecule has 3 rings (SSSR count). The second-order valence-corrected chi connectivity index (χ2v) is 7.15. The molecule has 0 aliphatic carbocycles. The van der Waals surface area contributed by atoms with Crippen molar-refractivity contribution in [2.45, 2.75) is 24.8 Å². The van der Waals surface area contributed by atoms with Gasteiger partial charge in [-0.3, -0.25) is 4.79 Å². The Morgan fingerprint density at radius 1 is 1.12 bits per heavy atom. The number of aromatic nitrogens is 2. The lowest BCUT2D eigenvalue weighted by Crippen LogP contribution is -2.25. The first-order valence-corrected chi connectivity index (χ1v) is 9.84. The largest absolute Gasteiger partial charge is 0.352 e. The summed E-state index contributed by atoms with van der Waals surface area (Å²) in [5.41, 5.74) is 1.86. The van der Waals surface area contributed by atoms with E-state index in [9.17, 15) is 4.79 Å². The standard InChI is InChI=1S/C21H23N3OS/c1-2-26-19-12-7-6-11-18(19)21(25)23-13-8-15-24-16-14-22-20(24)17-9-4-3-5-10-17/h3-7,9-12,14,16H,2,8,13,15H2,1H3,(H,23,25). The average molecular weight is 366 g/mol. The fraction of sp³-hybridized carbons (Fsp3) is 0.238. The van der Waals surface area contributed by atoms with E-state index in [0.717, 1.165) is 40.6 Å². The summed E-state index contributed by atoms with van der Waals surface area (Å²) < 4.78 is 2.13. The number of carbonyl (C=O) groups is 1. The van der Waals surface area contributed by atoms with E-state index >= 15 is 0 Å². The number of amides is 1. The Kier molecular flexibility index (Phi) is 6.50. The number of rotatable bonds is 8. The SMILES string of the molecule is CCSc1ccccc1C(=O)NCCCn1ccnc1-c1ccccc1. The molecule has 0 radical (unpaired) electrons. The molecule has 0 unspecified atom stereocenters. The van der Waals surface area contributed by atoms with Crippen molar-refractivity contribution in [1.29, 1.82) is 0 Å². The van der Waals surface area contributed by atoms with Crippen molar-refractivity contribution in [3.63, 3.8) is 0 Å². The molecule has 1 amide bonds. The van der Waals surface area contributed by atoms with Crippen molar-refractivity contribution in [1.82, 2.24) is 14.9 Å². The Hall–Kier alpha value is -2.53. The second kappa shape index (κ2) is 9.25. The molecule has 1 aromatic heterocycles. The van der Waals surface area contributed by atoms with Gasteiger partial charge in [0.05, 0.1) is 5.56 Å². The van der Waals surface area contributed by atoms with Gasteiger partial charge in [-0.1, -0.05) is 49.4 Å². The van der Waals surface area contributed by atoms with E-state index < -0.39 is 0 Å². The molecule has 0 atom stereocenters. The van der Waals surface area contributed by atoms with Crippen LogP contribution in [0.3, 0.4) is 0 Å². The Morgan fingerprint density at radius 3 is 2.69 bits per heavy atom. The van der Waals surface area contributed by atoms with Gasteiger partial charge in [-0.25, -0.2) is 4.98 Å². The normalized spacial score (nSPS) is 10.7. The molecular weight excluding hydrogens is 342 g/mol. The predicted molar refractivity (Wildman–Crippen MR) is 107 cm³/mol. The highest BCUT2D eigenvalue weighted by Crippen LogP contribution is 2.22. The van der Waals surface area contributed by atoms with Gasteiger partial charge in [0.1, 0.15) is 5.82 Å². The van der Waals surface area contributed by atoms with Crippen molar-refractivity contribution >= 4 is 17.7 Å². The highest BCUT2D eigenvalue weighted by molar-refractivity contribution is 7.99. The number of nitrogens with zero attached hydrogens (tertiary/aromatic N) is 2. The van der Waals surface area contributed by atoms with Gasteiger partial charge >= 0.3 is 0 Å². The molecule has 4 nitrogen and oxygen atoms in total. The molecule has 2 aromatic carbocycles. The van der Waals surface area contributed by atoms with E-state index in [-0.39, 0.29) is 5.91 Å². The maximum absolute atomic E-state index is 12.4. The van der Waals surface area contributed by atoms with Gasteiger partial charge in [0, 0.05) is 35.9 Å². The smallest absolute Gasteiger partial charge is 0.252 e. The van der Waals surface area contributed by atoms with Crippen molar-refractivity contribution in [3.8, 4) is 11.4 Å². The molecule has 0 saturated carbocycles. The number of imidazole rings is 1. The van der Waals surface area contributed by atoms with Crippen molar-refractivity contribution in [2.75, 3.05) is 12.3 Å². The number of thioether (sulfide) groups is 1. The van der Waals surface area contributed by atoms with Gasteiger partial charge in [0.15, 0.2) is 0 Å². The highest BCUT2D eigenvalue weighted by Gasteiger charge is 2.10. The fourth-order valence-corrected chi connectivity index (χ4v) is 3.62. The van der Waals surface area contributed by atoms with Gasteiger partial charge < -0.3 is 9.88 Å². The summed E-state index contributed by atoms with van der Waals surface area (Å²) in [5.74, 6) is 1.91. The Morgan fingerprint density at radius 2 is 1.88 bits per heavy atom. The molecule has 1 N–H and O–H groups in total. The van der Waals surface area contributed by atoms with Crippen LogP contribution in [0.15, 0.2) is 71.9 Å². The molecule has 0 saturated heterocycles. The number of carbonyl (C=O) groups excluding carboxylic acids is 1. The topological polar surface area (TPSA) is 46.9 Å². The van der Waals surface area contributed by atoms with Crippen LogP contribution < -0.4 is 5.32 Å². The number of hydrogen-bond acceptors (Lipinski definition) is 3. The van der Waals surface area contributed by atoms with Crippen molar-refractivity contribution < 1.29 is 4.79 Å². The zero-order valence-corrected chi connectivity index (χ0v) is 15.7. The van der Waals surface area contributed by atoms with E-state index in [0.29, 0.717) is 6.54 Å². The first kappa shape index (κ1) is 18.3. The molecule has 0 spiro atoms. The molecule has 1 heterocycles. The molecule has 5 heteroatoms. The average Bonchev–Trinajstić information content (AvgIpc) is 3.15.